The maximum atomic E-state index is 10.9. The number of allylic oxidation sites excluding steroid dienone is 1. The van der Waals surface area contributed by atoms with Gasteiger partial charge in [0.25, 0.3) is 0 Å². The molecule has 0 radical (unpaired) electrons. The van der Waals surface area contributed by atoms with Gasteiger partial charge in [0.05, 0.1) is 0 Å². The van der Waals surface area contributed by atoms with Gasteiger partial charge in [-0.3, -0.25) is 4.79 Å². The minimum absolute atomic E-state index is 0. The molecule has 0 aliphatic rings. The number of nitrogens with one attached hydrogen (secondary N) is 1. The number of hydrogen-bond donors (Lipinski definition) is 1. The quantitative estimate of drug-likeness (QED) is 0.651. The molecule has 0 aromatic heterocycles. The van der Waals surface area contributed by atoms with Crippen LogP contribution in [0.3, 0.4) is 0 Å². The minimum atomic E-state index is 0. The molecule has 2 nitrogen and oxygen atoms in total. The van der Waals surface area contributed by atoms with Crippen LogP contribution < -0.4 is 5.32 Å². The monoisotopic (exact) mass is 173 g/mol. The van der Waals surface area contributed by atoms with Crippen LogP contribution in [-0.4, -0.2) is 11.9 Å². The Balaban J connectivity index is -0.000000405. The lowest BCUT2D eigenvalue weighted by atomic mass is 10.3. The second-order valence-corrected chi connectivity index (χ2v) is 2.55. The van der Waals surface area contributed by atoms with Crippen molar-refractivity contribution < 1.29 is 4.79 Å². The molecular formula is C10H23NO. The molecule has 1 N–H and O–H groups in total. The molecular weight excluding hydrogens is 150 g/mol. The first-order valence-corrected chi connectivity index (χ1v) is 3.57. The molecule has 74 valence electrons. The summed E-state index contributed by atoms with van der Waals surface area (Å²) in [4.78, 5) is 10.9. The van der Waals surface area contributed by atoms with Gasteiger partial charge in [-0.1, -0.05) is 20.9 Å². The second-order valence-electron chi connectivity index (χ2n) is 2.55. The lowest BCUT2D eigenvalue weighted by molar-refractivity contribution is -0.121. The Bertz CT molecular complexity index is 119. The first kappa shape index (κ1) is 17.3. The first-order valence-electron chi connectivity index (χ1n) is 3.57. The van der Waals surface area contributed by atoms with Crippen LogP contribution >= 0.6 is 0 Å². The molecule has 1 amide bonds. The maximum Gasteiger partial charge on any atom is 0.220 e. The van der Waals surface area contributed by atoms with Crippen LogP contribution in [0.4, 0.5) is 0 Å². The van der Waals surface area contributed by atoms with Gasteiger partial charge >= 0.3 is 0 Å². The van der Waals surface area contributed by atoms with Crippen LogP contribution in [0.15, 0.2) is 12.7 Å². The smallest absolute Gasteiger partial charge is 0.220 e. The van der Waals surface area contributed by atoms with E-state index in [-0.39, 0.29) is 26.8 Å². The van der Waals surface area contributed by atoms with Crippen LogP contribution in [-0.2, 0) is 4.79 Å². The van der Waals surface area contributed by atoms with E-state index in [9.17, 15) is 4.79 Å². The normalized spacial score (nSPS) is 7.92. The highest BCUT2D eigenvalue weighted by molar-refractivity contribution is 5.76. The highest BCUT2D eigenvalue weighted by atomic mass is 16.1. The lowest BCUT2D eigenvalue weighted by Gasteiger charge is -2.06. The number of carbonyl (C=O) groups is 1. The molecule has 12 heavy (non-hydrogen) atoms. The van der Waals surface area contributed by atoms with Crippen molar-refractivity contribution in [2.45, 2.75) is 47.6 Å². The van der Waals surface area contributed by atoms with Crippen molar-refractivity contribution in [3.05, 3.63) is 12.7 Å². The maximum absolute atomic E-state index is 10.9. The Hall–Kier alpha value is -0.790. The fraction of sp³-hybridized carbons (Fsp3) is 0.700. The van der Waals surface area contributed by atoms with Crippen LogP contribution in [0.2, 0.25) is 0 Å². The number of amides is 1. The third-order valence-corrected chi connectivity index (χ3v) is 1.03. The molecule has 0 aromatic rings. The topological polar surface area (TPSA) is 29.1 Å². The third kappa shape index (κ3) is 11.9. The fourth-order valence-corrected chi connectivity index (χ4v) is 0.627. The summed E-state index contributed by atoms with van der Waals surface area (Å²) < 4.78 is 0. The van der Waals surface area contributed by atoms with Gasteiger partial charge in [-0.15, -0.1) is 6.58 Å². The van der Waals surface area contributed by atoms with Gasteiger partial charge in [0, 0.05) is 12.5 Å². The van der Waals surface area contributed by atoms with Gasteiger partial charge in [0.2, 0.25) is 5.91 Å². The van der Waals surface area contributed by atoms with E-state index in [1.807, 2.05) is 13.8 Å². The summed E-state index contributed by atoms with van der Waals surface area (Å²) in [6, 6.07) is 0.248. The molecule has 2 heteroatoms. The second kappa shape index (κ2) is 10.2. The van der Waals surface area contributed by atoms with Crippen molar-refractivity contribution in [3.63, 3.8) is 0 Å². The molecule has 0 spiro atoms. The average molecular weight is 173 g/mol. The Morgan fingerprint density at radius 2 is 2.00 bits per heavy atom. The van der Waals surface area contributed by atoms with Gasteiger partial charge in [0.1, 0.15) is 0 Å². The summed E-state index contributed by atoms with van der Waals surface area (Å²) in [6.45, 7) is 7.43. The third-order valence-electron chi connectivity index (χ3n) is 1.03. The van der Waals surface area contributed by atoms with E-state index in [4.69, 9.17) is 0 Å². The molecule has 0 atom stereocenters. The summed E-state index contributed by atoms with van der Waals surface area (Å²) in [5, 5.41) is 2.79. The van der Waals surface area contributed by atoms with E-state index < -0.39 is 0 Å². The van der Waals surface area contributed by atoms with Crippen LogP contribution in [0.1, 0.15) is 41.5 Å². The Morgan fingerprint density at radius 1 is 1.50 bits per heavy atom. The predicted molar refractivity (Wildman–Crippen MR) is 56.2 cm³/mol. The predicted octanol–water partition coefficient (Wildman–Crippen LogP) is 2.75. The molecule has 0 aliphatic carbocycles. The van der Waals surface area contributed by atoms with Crippen LogP contribution in [0.5, 0.6) is 0 Å². The zero-order valence-electron chi connectivity index (χ0n) is 6.68. The van der Waals surface area contributed by atoms with E-state index in [2.05, 4.69) is 11.9 Å². The van der Waals surface area contributed by atoms with Gasteiger partial charge < -0.3 is 5.32 Å². The van der Waals surface area contributed by atoms with E-state index >= 15 is 0 Å². The molecule has 0 saturated carbocycles. The van der Waals surface area contributed by atoms with Gasteiger partial charge in [-0.25, -0.2) is 0 Å². The molecule has 0 heterocycles. The molecule has 0 rings (SSSR count). The fourth-order valence-electron chi connectivity index (χ4n) is 0.627. The first-order chi connectivity index (χ1) is 4.66. The Kier molecular flexibility index (Phi) is 14.8. The summed E-state index contributed by atoms with van der Waals surface area (Å²) in [5.74, 6) is 0.106. The van der Waals surface area contributed by atoms with Gasteiger partial charge in [0.15, 0.2) is 0 Å². The van der Waals surface area contributed by atoms with Crippen LogP contribution in [0, 0.1) is 0 Å². The summed E-state index contributed by atoms with van der Waals surface area (Å²) >= 11 is 0. The largest absolute Gasteiger partial charge is 0.354 e. The molecule has 0 fully saturated rings. The van der Waals surface area contributed by atoms with Crippen LogP contribution in [0.25, 0.3) is 0 Å². The molecule has 0 aliphatic heterocycles. The number of carbonyl (C=O) groups excluding carboxylic acids is 1. The molecule has 0 aromatic carbocycles. The zero-order valence-corrected chi connectivity index (χ0v) is 6.68. The SMILES string of the molecule is C.C.C=CCCC(=O)NC(C)C. The van der Waals surface area contributed by atoms with E-state index in [0.29, 0.717) is 6.42 Å². The van der Waals surface area contributed by atoms with Crippen molar-refractivity contribution in [2.75, 3.05) is 0 Å². The average Bonchev–Trinajstić information content (AvgIpc) is 1.82. The van der Waals surface area contributed by atoms with Crippen molar-refractivity contribution in [2.24, 2.45) is 0 Å². The molecule has 0 unspecified atom stereocenters. The number of hydrogen-bond acceptors (Lipinski definition) is 1. The Morgan fingerprint density at radius 3 is 2.33 bits per heavy atom. The Labute approximate surface area is 77.1 Å². The van der Waals surface area contributed by atoms with Crippen molar-refractivity contribution in [1.29, 1.82) is 0 Å². The van der Waals surface area contributed by atoms with E-state index in [0.717, 1.165) is 6.42 Å². The van der Waals surface area contributed by atoms with Gasteiger partial charge in [-0.05, 0) is 20.3 Å². The highest BCUT2D eigenvalue weighted by Crippen LogP contribution is 1.89. The molecule has 0 bridgehead atoms. The minimum Gasteiger partial charge on any atom is -0.354 e. The summed E-state index contributed by atoms with van der Waals surface area (Å²) in [6.07, 6.45) is 3.07. The van der Waals surface area contributed by atoms with Crippen molar-refractivity contribution in [1.82, 2.24) is 5.32 Å². The van der Waals surface area contributed by atoms with Crippen molar-refractivity contribution >= 4 is 5.91 Å². The molecule has 0 saturated heterocycles. The lowest BCUT2D eigenvalue weighted by Crippen LogP contribution is -2.29. The van der Waals surface area contributed by atoms with E-state index in [1.54, 1.807) is 6.08 Å². The van der Waals surface area contributed by atoms with Crippen molar-refractivity contribution in [3.8, 4) is 0 Å². The van der Waals surface area contributed by atoms with E-state index in [1.165, 1.54) is 0 Å². The summed E-state index contributed by atoms with van der Waals surface area (Å²) in [7, 11) is 0. The summed E-state index contributed by atoms with van der Waals surface area (Å²) in [5.41, 5.74) is 0. The highest BCUT2D eigenvalue weighted by Gasteiger charge is 1.99. The number of rotatable bonds is 4. The van der Waals surface area contributed by atoms with Gasteiger partial charge in [-0.2, -0.15) is 0 Å². The zero-order chi connectivity index (χ0) is 7.98. The standard InChI is InChI=1S/C8H15NO.2CH4/c1-4-5-6-8(10)9-7(2)3;;/h4,7H,1,5-6H2,2-3H3,(H,9,10);2*1H4.